The highest BCUT2D eigenvalue weighted by atomic mass is 19.1. The van der Waals surface area contributed by atoms with Crippen LogP contribution in [0.3, 0.4) is 0 Å². The zero-order valence-corrected chi connectivity index (χ0v) is 15.2. The quantitative estimate of drug-likeness (QED) is 0.730. The van der Waals surface area contributed by atoms with Gasteiger partial charge in [0.05, 0.1) is 0 Å². The summed E-state index contributed by atoms with van der Waals surface area (Å²) >= 11 is 0. The van der Waals surface area contributed by atoms with Crippen molar-refractivity contribution in [2.24, 2.45) is 0 Å². The van der Waals surface area contributed by atoms with E-state index in [-0.39, 0.29) is 24.1 Å². The monoisotopic (exact) mass is 357 g/mol. The summed E-state index contributed by atoms with van der Waals surface area (Å²) < 4.78 is 13.0. The molecular weight excluding hydrogens is 333 g/mol. The Balaban J connectivity index is 1.82. The van der Waals surface area contributed by atoms with Gasteiger partial charge in [-0.3, -0.25) is 14.6 Å². The Hall–Kier alpha value is -2.76. The van der Waals surface area contributed by atoms with E-state index in [1.807, 2.05) is 12.1 Å². The fourth-order valence-corrected chi connectivity index (χ4v) is 2.55. The smallest absolute Gasteiger partial charge is 0.224 e. The number of hydrogen-bond acceptors (Lipinski definition) is 3. The van der Waals surface area contributed by atoms with Crippen molar-refractivity contribution in [3.8, 4) is 0 Å². The van der Waals surface area contributed by atoms with Gasteiger partial charge in [0.1, 0.15) is 5.82 Å². The Labute approximate surface area is 153 Å². The molecule has 0 unspecified atom stereocenters. The molecule has 1 heterocycles. The van der Waals surface area contributed by atoms with Crippen molar-refractivity contribution in [2.75, 3.05) is 20.1 Å². The van der Waals surface area contributed by atoms with Gasteiger partial charge in [0.15, 0.2) is 0 Å². The fourth-order valence-electron chi connectivity index (χ4n) is 2.55. The predicted molar refractivity (Wildman–Crippen MR) is 97.7 cm³/mol. The van der Waals surface area contributed by atoms with Crippen LogP contribution >= 0.6 is 0 Å². The van der Waals surface area contributed by atoms with Crippen molar-refractivity contribution >= 4 is 11.8 Å². The Morgan fingerprint density at radius 1 is 1.00 bits per heavy atom. The lowest BCUT2D eigenvalue weighted by molar-refractivity contribution is -0.133. The summed E-state index contributed by atoms with van der Waals surface area (Å²) in [5.74, 6) is -0.430. The molecule has 0 radical (unpaired) electrons. The SMILES string of the molecule is CC(=O)N(CCC(=O)N(C)CCc1ccncc1)Cc1ccc(F)cc1. The van der Waals surface area contributed by atoms with Gasteiger partial charge in [-0.15, -0.1) is 0 Å². The van der Waals surface area contributed by atoms with E-state index >= 15 is 0 Å². The summed E-state index contributed by atoms with van der Waals surface area (Å²) in [6.45, 7) is 2.79. The number of rotatable bonds is 8. The number of halogens is 1. The van der Waals surface area contributed by atoms with Gasteiger partial charge >= 0.3 is 0 Å². The molecule has 2 rings (SSSR count). The zero-order chi connectivity index (χ0) is 18.9. The van der Waals surface area contributed by atoms with Crippen molar-refractivity contribution in [3.05, 3.63) is 65.7 Å². The Morgan fingerprint density at radius 2 is 1.65 bits per heavy atom. The van der Waals surface area contributed by atoms with Crippen molar-refractivity contribution in [3.63, 3.8) is 0 Å². The maximum absolute atomic E-state index is 13.0. The summed E-state index contributed by atoms with van der Waals surface area (Å²) in [6, 6.07) is 9.89. The Kier molecular flexibility index (Phi) is 7.26. The molecule has 0 aliphatic carbocycles. The zero-order valence-electron chi connectivity index (χ0n) is 15.2. The van der Waals surface area contributed by atoms with E-state index in [2.05, 4.69) is 4.98 Å². The first-order chi connectivity index (χ1) is 12.5. The second-order valence-electron chi connectivity index (χ2n) is 6.24. The number of benzene rings is 1. The third-order valence-corrected chi connectivity index (χ3v) is 4.24. The van der Waals surface area contributed by atoms with E-state index in [1.165, 1.54) is 19.1 Å². The molecule has 0 aliphatic heterocycles. The minimum atomic E-state index is -0.311. The number of nitrogens with zero attached hydrogens (tertiary/aromatic N) is 3. The van der Waals surface area contributed by atoms with Gasteiger partial charge in [0.25, 0.3) is 0 Å². The molecular formula is C20H24FN3O2. The van der Waals surface area contributed by atoms with Crippen molar-refractivity contribution in [1.82, 2.24) is 14.8 Å². The van der Waals surface area contributed by atoms with E-state index in [0.29, 0.717) is 19.6 Å². The topological polar surface area (TPSA) is 53.5 Å². The van der Waals surface area contributed by atoms with Crippen LogP contribution in [0.25, 0.3) is 0 Å². The standard InChI is InChI=1S/C20H24FN3O2/c1-16(25)24(15-18-3-5-19(21)6-4-18)14-10-20(26)23(2)13-9-17-7-11-22-12-8-17/h3-8,11-12H,9-10,13-15H2,1-2H3. The predicted octanol–water partition coefficient (Wildman–Crippen LogP) is 2.66. The second-order valence-corrected chi connectivity index (χ2v) is 6.24. The molecule has 138 valence electrons. The van der Waals surface area contributed by atoms with Crippen LogP contribution in [0, 0.1) is 5.82 Å². The number of carbonyl (C=O) groups is 2. The lowest BCUT2D eigenvalue weighted by Crippen LogP contribution is -2.35. The molecule has 0 saturated carbocycles. The van der Waals surface area contributed by atoms with Gasteiger partial charge < -0.3 is 9.80 Å². The molecule has 0 aliphatic rings. The van der Waals surface area contributed by atoms with Crippen LogP contribution in [0.5, 0.6) is 0 Å². The highest BCUT2D eigenvalue weighted by Gasteiger charge is 2.14. The van der Waals surface area contributed by atoms with Crippen LogP contribution in [-0.2, 0) is 22.6 Å². The summed E-state index contributed by atoms with van der Waals surface area (Å²) in [5, 5.41) is 0. The van der Waals surface area contributed by atoms with Crippen LogP contribution < -0.4 is 0 Å². The molecule has 26 heavy (non-hydrogen) atoms. The van der Waals surface area contributed by atoms with Crippen molar-refractivity contribution in [2.45, 2.75) is 26.3 Å². The molecule has 0 N–H and O–H groups in total. The number of pyridine rings is 1. The van der Waals surface area contributed by atoms with E-state index in [1.54, 1.807) is 41.4 Å². The molecule has 0 saturated heterocycles. The van der Waals surface area contributed by atoms with Crippen LogP contribution in [0.1, 0.15) is 24.5 Å². The molecule has 0 spiro atoms. The molecule has 0 fully saturated rings. The highest BCUT2D eigenvalue weighted by molar-refractivity contribution is 5.78. The normalized spacial score (nSPS) is 10.4. The maximum Gasteiger partial charge on any atom is 0.224 e. The molecule has 6 heteroatoms. The molecule has 2 aromatic rings. The third kappa shape index (κ3) is 6.27. The summed E-state index contributed by atoms with van der Waals surface area (Å²) in [7, 11) is 1.77. The molecule has 5 nitrogen and oxygen atoms in total. The number of carbonyl (C=O) groups excluding carboxylic acids is 2. The highest BCUT2D eigenvalue weighted by Crippen LogP contribution is 2.08. The molecule has 2 amide bonds. The second kappa shape index (κ2) is 9.65. The van der Waals surface area contributed by atoms with Crippen LogP contribution in [0.2, 0.25) is 0 Å². The van der Waals surface area contributed by atoms with E-state index in [0.717, 1.165) is 17.5 Å². The molecule has 0 bridgehead atoms. The summed E-state index contributed by atoms with van der Waals surface area (Å²) in [6.07, 6.45) is 4.49. The molecule has 0 atom stereocenters. The summed E-state index contributed by atoms with van der Waals surface area (Å²) in [4.78, 5) is 31.4. The number of amides is 2. The Morgan fingerprint density at radius 3 is 2.27 bits per heavy atom. The van der Waals surface area contributed by atoms with Gasteiger partial charge in [0.2, 0.25) is 11.8 Å². The van der Waals surface area contributed by atoms with Crippen molar-refractivity contribution < 1.29 is 14.0 Å². The van der Waals surface area contributed by atoms with Gasteiger partial charge in [-0.2, -0.15) is 0 Å². The van der Waals surface area contributed by atoms with E-state index in [4.69, 9.17) is 0 Å². The molecule has 1 aromatic heterocycles. The number of hydrogen-bond donors (Lipinski definition) is 0. The average Bonchev–Trinajstić information content (AvgIpc) is 2.65. The van der Waals surface area contributed by atoms with Crippen molar-refractivity contribution in [1.29, 1.82) is 0 Å². The first-order valence-electron chi connectivity index (χ1n) is 8.58. The van der Waals surface area contributed by atoms with E-state index in [9.17, 15) is 14.0 Å². The lowest BCUT2D eigenvalue weighted by atomic mass is 10.2. The van der Waals surface area contributed by atoms with Crippen LogP contribution in [0.15, 0.2) is 48.8 Å². The number of aromatic nitrogens is 1. The van der Waals surface area contributed by atoms with Gasteiger partial charge in [0, 0.05) is 52.4 Å². The minimum Gasteiger partial charge on any atom is -0.345 e. The minimum absolute atomic E-state index is 0.00980. The summed E-state index contributed by atoms with van der Waals surface area (Å²) in [5.41, 5.74) is 1.96. The fraction of sp³-hybridized carbons (Fsp3) is 0.350. The third-order valence-electron chi connectivity index (χ3n) is 4.24. The van der Waals surface area contributed by atoms with E-state index < -0.39 is 0 Å². The molecule has 1 aromatic carbocycles. The van der Waals surface area contributed by atoms with Crippen LogP contribution in [-0.4, -0.2) is 46.7 Å². The lowest BCUT2D eigenvalue weighted by Gasteiger charge is -2.23. The first-order valence-corrected chi connectivity index (χ1v) is 8.58. The van der Waals surface area contributed by atoms with Gasteiger partial charge in [-0.1, -0.05) is 12.1 Å². The number of likely N-dealkylation sites (N-methyl/N-ethyl adjacent to an activating group) is 1. The maximum atomic E-state index is 13.0. The van der Waals surface area contributed by atoms with Gasteiger partial charge in [-0.05, 0) is 41.8 Å². The Bertz CT molecular complexity index is 720. The van der Waals surface area contributed by atoms with Gasteiger partial charge in [-0.25, -0.2) is 4.39 Å². The van der Waals surface area contributed by atoms with Crippen LogP contribution in [0.4, 0.5) is 4.39 Å². The largest absolute Gasteiger partial charge is 0.345 e. The first kappa shape index (κ1) is 19.6. The average molecular weight is 357 g/mol.